The molecule has 1 atom stereocenters. The van der Waals surface area contributed by atoms with Gasteiger partial charge in [-0.15, -0.1) is 0 Å². The summed E-state index contributed by atoms with van der Waals surface area (Å²) < 4.78 is 5.43. The summed E-state index contributed by atoms with van der Waals surface area (Å²) in [7, 11) is 0. The summed E-state index contributed by atoms with van der Waals surface area (Å²) in [6.45, 7) is 4.19. The third kappa shape index (κ3) is 3.62. The van der Waals surface area contributed by atoms with Gasteiger partial charge in [-0.05, 0) is 24.1 Å². The van der Waals surface area contributed by atoms with Gasteiger partial charge in [-0.3, -0.25) is 4.79 Å². The zero-order chi connectivity index (χ0) is 11.3. The van der Waals surface area contributed by atoms with Crippen LogP contribution < -0.4 is 10.5 Å². The maximum Gasteiger partial charge on any atom is 0.223 e. The van der Waals surface area contributed by atoms with E-state index in [0.29, 0.717) is 6.61 Å². The molecular formula is C12H17NO2. The lowest BCUT2D eigenvalue weighted by atomic mass is 10.1. The first-order valence-electron chi connectivity index (χ1n) is 5.14. The summed E-state index contributed by atoms with van der Waals surface area (Å²) in [6, 6.07) is 7.85. The highest BCUT2D eigenvalue weighted by Gasteiger charge is 2.08. The average molecular weight is 207 g/mol. The van der Waals surface area contributed by atoms with Crippen LogP contribution in [0.4, 0.5) is 0 Å². The lowest BCUT2D eigenvalue weighted by molar-refractivity contribution is -0.122. The number of nitrogens with two attached hydrogens (primary N) is 1. The van der Waals surface area contributed by atoms with Gasteiger partial charge in [0.25, 0.3) is 0 Å². The minimum Gasteiger partial charge on any atom is -0.493 e. The topological polar surface area (TPSA) is 52.3 Å². The van der Waals surface area contributed by atoms with Crippen LogP contribution in [0.2, 0.25) is 0 Å². The smallest absolute Gasteiger partial charge is 0.223 e. The molecule has 1 aromatic carbocycles. The third-order valence-electron chi connectivity index (χ3n) is 2.32. The SMILES string of the molecule is CCc1ccc(OCC(C)C(N)=O)cc1. The fraction of sp³-hybridized carbons (Fsp3) is 0.417. The van der Waals surface area contributed by atoms with Crippen LogP contribution in [0, 0.1) is 5.92 Å². The molecule has 82 valence electrons. The zero-order valence-electron chi connectivity index (χ0n) is 9.19. The number of benzene rings is 1. The van der Waals surface area contributed by atoms with Crippen molar-refractivity contribution in [3.63, 3.8) is 0 Å². The van der Waals surface area contributed by atoms with Crippen molar-refractivity contribution >= 4 is 5.91 Å². The molecular weight excluding hydrogens is 190 g/mol. The molecule has 0 radical (unpaired) electrons. The Morgan fingerprint density at radius 3 is 2.47 bits per heavy atom. The summed E-state index contributed by atoms with van der Waals surface area (Å²) >= 11 is 0. The molecule has 1 amide bonds. The number of primary amides is 1. The Hall–Kier alpha value is -1.51. The molecule has 0 aliphatic carbocycles. The summed E-state index contributed by atoms with van der Waals surface area (Å²) in [4.78, 5) is 10.8. The number of hydrogen-bond donors (Lipinski definition) is 1. The zero-order valence-corrected chi connectivity index (χ0v) is 9.19. The largest absolute Gasteiger partial charge is 0.493 e. The predicted molar refractivity (Wildman–Crippen MR) is 59.7 cm³/mol. The summed E-state index contributed by atoms with van der Waals surface area (Å²) in [5.74, 6) is 0.191. The van der Waals surface area contributed by atoms with Crippen molar-refractivity contribution in [3.05, 3.63) is 29.8 Å². The summed E-state index contributed by atoms with van der Waals surface area (Å²) in [5, 5.41) is 0. The summed E-state index contributed by atoms with van der Waals surface area (Å²) in [6.07, 6.45) is 1.01. The van der Waals surface area contributed by atoms with Gasteiger partial charge in [0.15, 0.2) is 0 Å². The molecule has 0 aliphatic heterocycles. The number of carbonyl (C=O) groups excluding carboxylic acids is 1. The highest BCUT2D eigenvalue weighted by molar-refractivity contribution is 5.76. The van der Waals surface area contributed by atoms with Gasteiger partial charge in [-0.2, -0.15) is 0 Å². The number of ether oxygens (including phenoxy) is 1. The van der Waals surface area contributed by atoms with E-state index in [1.165, 1.54) is 5.56 Å². The maximum absolute atomic E-state index is 10.8. The minimum absolute atomic E-state index is 0.254. The van der Waals surface area contributed by atoms with E-state index in [2.05, 4.69) is 6.92 Å². The lowest BCUT2D eigenvalue weighted by Crippen LogP contribution is -2.25. The van der Waals surface area contributed by atoms with Gasteiger partial charge in [0.1, 0.15) is 5.75 Å². The highest BCUT2D eigenvalue weighted by atomic mass is 16.5. The van der Waals surface area contributed by atoms with Crippen LogP contribution in [0.5, 0.6) is 5.75 Å². The van der Waals surface area contributed by atoms with Crippen LogP contribution in [0.1, 0.15) is 19.4 Å². The van der Waals surface area contributed by atoms with E-state index in [0.717, 1.165) is 12.2 Å². The Bertz CT molecular complexity index is 319. The summed E-state index contributed by atoms with van der Waals surface area (Å²) in [5.41, 5.74) is 6.40. The first-order chi connectivity index (χ1) is 7.13. The number of hydrogen-bond acceptors (Lipinski definition) is 2. The molecule has 3 nitrogen and oxygen atoms in total. The van der Waals surface area contributed by atoms with Gasteiger partial charge >= 0.3 is 0 Å². The molecule has 1 rings (SSSR count). The fourth-order valence-corrected chi connectivity index (χ4v) is 1.12. The Labute approximate surface area is 90.2 Å². The van der Waals surface area contributed by atoms with Gasteiger partial charge < -0.3 is 10.5 Å². The first-order valence-corrected chi connectivity index (χ1v) is 5.14. The van der Waals surface area contributed by atoms with E-state index in [-0.39, 0.29) is 11.8 Å². The predicted octanol–water partition coefficient (Wildman–Crippen LogP) is 1.75. The van der Waals surface area contributed by atoms with Crippen molar-refractivity contribution in [2.24, 2.45) is 11.7 Å². The van der Waals surface area contributed by atoms with Crippen molar-refractivity contribution in [2.45, 2.75) is 20.3 Å². The molecule has 0 saturated carbocycles. The number of amides is 1. The minimum atomic E-state index is -0.333. The van der Waals surface area contributed by atoms with Gasteiger partial charge in [-0.25, -0.2) is 0 Å². The quantitative estimate of drug-likeness (QED) is 0.799. The van der Waals surface area contributed by atoms with Crippen LogP contribution >= 0.6 is 0 Å². The van der Waals surface area contributed by atoms with Gasteiger partial charge in [-0.1, -0.05) is 26.0 Å². The molecule has 0 bridgehead atoms. The fourth-order valence-electron chi connectivity index (χ4n) is 1.12. The monoisotopic (exact) mass is 207 g/mol. The normalized spacial score (nSPS) is 12.1. The molecule has 0 fully saturated rings. The molecule has 15 heavy (non-hydrogen) atoms. The molecule has 0 saturated heterocycles. The molecule has 0 spiro atoms. The van der Waals surface area contributed by atoms with Gasteiger partial charge in [0.05, 0.1) is 12.5 Å². The number of aryl methyl sites for hydroxylation is 1. The molecule has 0 aliphatic rings. The van der Waals surface area contributed by atoms with E-state index in [9.17, 15) is 4.79 Å². The van der Waals surface area contributed by atoms with E-state index in [1.807, 2.05) is 24.3 Å². The van der Waals surface area contributed by atoms with Gasteiger partial charge in [0.2, 0.25) is 5.91 Å². The van der Waals surface area contributed by atoms with Crippen LogP contribution in [0.25, 0.3) is 0 Å². The Kier molecular flexibility index (Phi) is 4.16. The standard InChI is InChI=1S/C12H17NO2/c1-3-10-4-6-11(7-5-10)15-8-9(2)12(13)14/h4-7,9H,3,8H2,1-2H3,(H2,13,14). The lowest BCUT2D eigenvalue weighted by Gasteiger charge is -2.10. The average Bonchev–Trinajstić information content (AvgIpc) is 2.26. The maximum atomic E-state index is 10.8. The molecule has 1 unspecified atom stereocenters. The molecule has 0 aromatic heterocycles. The molecule has 0 heterocycles. The second-order valence-corrected chi connectivity index (χ2v) is 3.61. The van der Waals surface area contributed by atoms with Crippen LogP contribution in [0.15, 0.2) is 24.3 Å². The molecule has 2 N–H and O–H groups in total. The molecule has 1 aromatic rings. The van der Waals surface area contributed by atoms with Crippen LogP contribution in [-0.2, 0) is 11.2 Å². The number of carbonyl (C=O) groups is 1. The van der Waals surface area contributed by atoms with Crippen LogP contribution in [0.3, 0.4) is 0 Å². The number of rotatable bonds is 5. The first kappa shape index (κ1) is 11.6. The van der Waals surface area contributed by atoms with E-state index < -0.39 is 0 Å². The van der Waals surface area contributed by atoms with Crippen molar-refractivity contribution in [2.75, 3.05) is 6.61 Å². The Morgan fingerprint density at radius 1 is 1.40 bits per heavy atom. The third-order valence-corrected chi connectivity index (χ3v) is 2.32. The van der Waals surface area contributed by atoms with Crippen molar-refractivity contribution in [1.29, 1.82) is 0 Å². The van der Waals surface area contributed by atoms with Crippen LogP contribution in [-0.4, -0.2) is 12.5 Å². The van der Waals surface area contributed by atoms with Gasteiger partial charge in [0, 0.05) is 0 Å². The molecule has 3 heteroatoms. The Balaban J connectivity index is 2.47. The van der Waals surface area contributed by atoms with E-state index >= 15 is 0 Å². The van der Waals surface area contributed by atoms with Crippen molar-refractivity contribution in [1.82, 2.24) is 0 Å². The second-order valence-electron chi connectivity index (χ2n) is 3.61. The van der Waals surface area contributed by atoms with Crippen molar-refractivity contribution in [3.8, 4) is 5.75 Å². The van der Waals surface area contributed by atoms with Crippen molar-refractivity contribution < 1.29 is 9.53 Å². The highest BCUT2D eigenvalue weighted by Crippen LogP contribution is 2.13. The van der Waals surface area contributed by atoms with E-state index in [1.54, 1.807) is 6.92 Å². The second kappa shape index (κ2) is 5.39. The van der Waals surface area contributed by atoms with E-state index in [4.69, 9.17) is 10.5 Å². The Morgan fingerprint density at radius 2 is 2.00 bits per heavy atom.